The van der Waals surface area contributed by atoms with Crippen molar-refractivity contribution in [1.82, 2.24) is 10.3 Å². The Kier molecular flexibility index (Phi) is 3.92. The molecule has 1 heterocycles. The van der Waals surface area contributed by atoms with Crippen LogP contribution in [-0.4, -0.2) is 16.4 Å². The molecule has 1 aromatic rings. The van der Waals surface area contributed by atoms with Gasteiger partial charge >= 0.3 is 0 Å². The van der Waals surface area contributed by atoms with E-state index in [1.165, 1.54) is 6.20 Å². The van der Waals surface area contributed by atoms with Crippen LogP contribution in [-0.2, 0) is 0 Å². The third-order valence-corrected chi connectivity index (χ3v) is 3.07. The second kappa shape index (κ2) is 4.83. The number of nitrogens with zero attached hydrogens (tertiary/aromatic N) is 1. The van der Waals surface area contributed by atoms with Crippen molar-refractivity contribution >= 4 is 17.5 Å². The van der Waals surface area contributed by atoms with Crippen LogP contribution in [0.5, 0.6) is 0 Å². The van der Waals surface area contributed by atoms with E-state index in [2.05, 4.69) is 24.1 Å². The summed E-state index contributed by atoms with van der Waals surface area (Å²) < 4.78 is 0. The fraction of sp³-hybridized carbons (Fsp3) is 0.500. The smallest absolute Gasteiger partial charge is 0.251 e. The van der Waals surface area contributed by atoms with Crippen LogP contribution in [0.4, 0.5) is 0 Å². The van der Waals surface area contributed by atoms with Gasteiger partial charge in [-0.05, 0) is 31.9 Å². The summed E-state index contributed by atoms with van der Waals surface area (Å²) in [6.07, 6.45) is 1.53. The van der Waals surface area contributed by atoms with Crippen LogP contribution in [0.15, 0.2) is 18.3 Å². The highest BCUT2D eigenvalue weighted by Gasteiger charge is 2.24. The number of halogens is 1. The summed E-state index contributed by atoms with van der Waals surface area (Å²) in [7, 11) is 0. The molecule has 1 aromatic heterocycles. The van der Waals surface area contributed by atoms with E-state index in [9.17, 15) is 4.79 Å². The van der Waals surface area contributed by atoms with Crippen molar-refractivity contribution in [2.75, 3.05) is 0 Å². The fourth-order valence-corrected chi connectivity index (χ4v) is 1.23. The number of nitrogens with one attached hydrogen (secondary N) is 1. The number of carbonyl (C=O) groups excluding carboxylic acids is 1. The fourth-order valence-electron chi connectivity index (χ4n) is 1.05. The first-order chi connectivity index (χ1) is 7.33. The number of hydrogen-bond donors (Lipinski definition) is 1. The minimum Gasteiger partial charge on any atom is -0.347 e. The second-order valence-corrected chi connectivity index (χ2v) is 5.09. The van der Waals surface area contributed by atoms with Gasteiger partial charge in [0, 0.05) is 17.3 Å². The minimum absolute atomic E-state index is 0.122. The molecule has 3 nitrogen and oxygen atoms in total. The first kappa shape index (κ1) is 13.0. The van der Waals surface area contributed by atoms with Gasteiger partial charge < -0.3 is 5.32 Å². The Balaban J connectivity index is 2.81. The quantitative estimate of drug-likeness (QED) is 0.826. The van der Waals surface area contributed by atoms with Gasteiger partial charge in [-0.25, -0.2) is 4.98 Å². The lowest BCUT2D eigenvalue weighted by Gasteiger charge is -2.30. The first-order valence-electron chi connectivity index (χ1n) is 5.27. The van der Waals surface area contributed by atoms with Crippen molar-refractivity contribution < 1.29 is 4.79 Å². The van der Waals surface area contributed by atoms with Crippen LogP contribution in [0, 0.1) is 5.92 Å². The molecule has 0 saturated heterocycles. The number of amides is 1. The van der Waals surface area contributed by atoms with Gasteiger partial charge in [0.15, 0.2) is 0 Å². The Morgan fingerprint density at radius 3 is 2.62 bits per heavy atom. The SMILES string of the molecule is CC(C)C(C)(C)NC(=O)c1ccnc(Cl)c1. The summed E-state index contributed by atoms with van der Waals surface area (Å²) in [5.74, 6) is 0.233. The Bertz CT molecular complexity index is 388. The van der Waals surface area contributed by atoms with Crippen LogP contribution in [0.3, 0.4) is 0 Å². The van der Waals surface area contributed by atoms with Gasteiger partial charge in [-0.15, -0.1) is 0 Å². The first-order valence-corrected chi connectivity index (χ1v) is 5.65. The molecule has 0 atom stereocenters. The molecular weight excluding hydrogens is 224 g/mol. The van der Waals surface area contributed by atoms with Crippen molar-refractivity contribution in [3.05, 3.63) is 29.0 Å². The molecule has 0 bridgehead atoms. The van der Waals surface area contributed by atoms with Crippen molar-refractivity contribution in [2.45, 2.75) is 33.2 Å². The van der Waals surface area contributed by atoms with Gasteiger partial charge in [0.05, 0.1) is 0 Å². The third kappa shape index (κ3) is 3.20. The summed E-state index contributed by atoms with van der Waals surface area (Å²) >= 11 is 5.73. The zero-order valence-corrected chi connectivity index (χ0v) is 10.8. The molecule has 4 heteroatoms. The zero-order valence-electron chi connectivity index (χ0n) is 10.0. The second-order valence-electron chi connectivity index (χ2n) is 4.70. The molecule has 1 N–H and O–H groups in total. The molecule has 0 radical (unpaired) electrons. The molecule has 88 valence electrons. The Morgan fingerprint density at radius 1 is 1.50 bits per heavy atom. The van der Waals surface area contributed by atoms with Crippen LogP contribution in [0.25, 0.3) is 0 Å². The van der Waals surface area contributed by atoms with Gasteiger partial charge in [0.25, 0.3) is 5.91 Å². The van der Waals surface area contributed by atoms with E-state index >= 15 is 0 Å². The van der Waals surface area contributed by atoms with Gasteiger partial charge in [0.2, 0.25) is 0 Å². The summed E-state index contributed by atoms with van der Waals surface area (Å²) in [6.45, 7) is 8.14. The predicted octanol–water partition coefficient (Wildman–Crippen LogP) is 2.90. The summed E-state index contributed by atoms with van der Waals surface area (Å²) in [6, 6.07) is 3.21. The summed E-state index contributed by atoms with van der Waals surface area (Å²) in [4.78, 5) is 15.8. The molecule has 0 unspecified atom stereocenters. The highest BCUT2D eigenvalue weighted by atomic mass is 35.5. The van der Waals surface area contributed by atoms with Gasteiger partial charge in [-0.1, -0.05) is 25.4 Å². The van der Waals surface area contributed by atoms with E-state index in [1.807, 2.05) is 13.8 Å². The zero-order chi connectivity index (χ0) is 12.3. The van der Waals surface area contributed by atoms with Gasteiger partial charge in [0.1, 0.15) is 5.15 Å². The topological polar surface area (TPSA) is 42.0 Å². The standard InChI is InChI=1S/C12H17ClN2O/c1-8(2)12(3,4)15-11(16)9-5-6-14-10(13)7-9/h5-8H,1-4H3,(H,15,16). The van der Waals surface area contributed by atoms with Crippen LogP contribution >= 0.6 is 11.6 Å². The van der Waals surface area contributed by atoms with Crippen molar-refractivity contribution in [3.8, 4) is 0 Å². The van der Waals surface area contributed by atoms with Gasteiger partial charge in [-0.2, -0.15) is 0 Å². The molecule has 0 saturated carbocycles. The van der Waals surface area contributed by atoms with E-state index < -0.39 is 0 Å². The molecule has 0 spiro atoms. The molecule has 0 aliphatic heterocycles. The number of aromatic nitrogens is 1. The summed E-state index contributed by atoms with van der Waals surface area (Å²) in [5, 5.41) is 3.30. The molecular formula is C12H17ClN2O. The lowest BCUT2D eigenvalue weighted by atomic mass is 9.90. The number of rotatable bonds is 3. The van der Waals surface area contributed by atoms with Crippen LogP contribution in [0.2, 0.25) is 5.15 Å². The third-order valence-electron chi connectivity index (χ3n) is 2.87. The number of hydrogen-bond acceptors (Lipinski definition) is 2. The van der Waals surface area contributed by atoms with Crippen molar-refractivity contribution in [2.24, 2.45) is 5.92 Å². The summed E-state index contributed by atoms with van der Waals surface area (Å²) in [5.41, 5.74) is 0.293. The monoisotopic (exact) mass is 240 g/mol. The van der Waals surface area contributed by atoms with E-state index in [-0.39, 0.29) is 11.4 Å². The largest absolute Gasteiger partial charge is 0.347 e. The number of pyridine rings is 1. The van der Waals surface area contributed by atoms with E-state index in [0.717, 1.165) is 0 Å². The average molecular weight is 241 g/mol. The normalized spacial score (nSPS) is 11.6. The maximum atomic E-state index is 11.9. The molecule has 0 aliphatic rings. The van der Waals surface area contributed by atoms with E-state index in [0.29, 0.717) is 16.6 Å². The highest BCUT2D eigenvalue weighted by Crippen LogP contribution is 2.16. The molecule has 16 heavy (non-hydrogen) atoms. The molecule has 0 aromatic carbocycles. The van der Waals surface area contributed by atoms with E-state index in [4.69, 9.17) is 11.6 Å². The molecule has 1 rings (SSSR count). The maximum absolute atomic E-state index is 11.9. The molecule has 0 aliphatic carbocycles. The maximum Gasteiger partial charge on any atom is 0.251 e. The Morgan fingerprint density at radius 2 is 2.12 bits per heavy atom. The highest BCUT2D eigenvalue weighted by molar-refractivity contribution is 6.29. The lowest BCUT2D eigenvalue weighted by molar-refractivity contribution is 0.0890. The molecule has 0 fully saturated rings. The van der Waals surface area contributed by atoms with Gasteiger partial charge in [-0.3, -0.25) is 4.79 Å². The minimum atomic E-state index is -0.243. The van der Waals surface area contributed by atoms with Crippen LogP contribution < -0.4 is 5.32 Å². The molecule has 1 amide bonds. The Labute approximate surface area is 101 Å². The van der Waals surface area contributed by atoms with Crippen LogP contribution in [0.1, 0.15) is 38.1 Å². The predicted molar refractivity (Wildman–Crippen MR) is 65.6 cm³/mol. The number of carbonyl (C=O) groups is 1. The Hall–Kier alpha value is -1.09. The van der Waals surface area contributed by atoms with Crippen molar-refractivity contribution in [1.29, 1.82) is 0 Å². The van der Waals surface area contributed by atoms with Crippen molar-refractivity contribution in [3.63, 3.8) is 0 Å². The van der Waals surface area contributed by atoms with E-state index in [1.54, 1.807) is 12.1 Å². The lowest BCUT2D eigenvalue weighted by Crippen LogP contribution is -2.47. The average Bonchev–Trinajstić information content (AvgIpc) is 2.16.